The maximum absolute atomic E-state index is 5.83. The SMILES string of the molecule is CC(NCc1ccc(OCc2ccccc2)cc1)c1ccc(Br)cc1. The van der Waals surface area contributed by atoms with Crippen molar-refractivity contribution < 1.29 is 4.74 Å². The summed E-state index contributed by atoms with van der Waals surface area (Å²) >= 11 is 3.47. The van der Waals surface area contributed by atoms with Crippen LogP contribution in [0.4, 0.5) is 0 Å². The number of rotatable bonds is 7. The zero-order valence-electron chi connectivity index (χ0n) is 14.3. The van der Waals surface area contributed by atoms with Gasteiger partial charge < -0.3 is 10.1 Å². The van der Waals surface area contributed by atoms with Crippen LogP contribution in [0.3, 0.4) is 0 Å². The average molecular weight is 396 g/mol. The maximum atomic E-state index is 5.83. The van der Waals surface area contributed by atoms with Crippen molar-refractivity contribution in [1.82, 2.24) is 5.32 Å². The van der Waals surface area contributed by atoms with Crippen molar-refractivity contribution >= 4 is 15.9 Å². The van der Waals surface area contributed by atoms with Crippen LogP contribution >= 0.6 is 15.9 Å². The minimum Gasteiger partial charge on any atom is -0.489 e. The second-order valence-electron chi connectivity index (χ2n) is 6.07. The Balaban J connectivity index is 1.49. The van der Waals surface area contributed by atoms with Gasteiger partial charge in [0.2, 0.25) is 0 Å². The van der Waals surface area contributed by atoms with Gasteiger partial charge in [0.1, 0.15) is 12.4 Å². The molecule has 0 aliphatic rings. The Morgan fingerprint density at radius 2 is 1.52 bits per heavy atom. The molecule has 25 heavy (non-hydrogen) atoms. The summed E-state index contributed by atoms with van der Waals surface area (Å²) in [5, 5.41) is 3.56. The van der Waals surface area contributed by atoms with Crippen molar-refractivity contribution in [2.24, 2.45) is 0 Å². The second kappa shape index (κ2) is 8.84. The number of benzene rings is 3. The Morgan fingerprint density at radius 3 is 2.20 bits per heavy atom. The number of hydrogen-bond donors (Lipinski definition) is 1. The molecule has 0 spiro atoms. The molecule has 0 radical (unpaired) electrons. The summed E-state index contributed by atoms with van der Waals surface area (Å²) in [5.41, 5.74) is 3.71. The zero-order valence-corrected chi connectivity index (χ0v) is 15.9. The summed E-state index contributed by atoms with van der Waals surface area (Å²) in [7, 11) is 0. The van der Waals surface area contributed by atoms with Crippen LogP contribution in [0, 0.1) is 0 Å². The van der Waals surface area contributed by atoms with E-state index in [1.165, 1.54) is 16.7 Å². The summed E-state index contributed by atoms with van der Waals surface area (Å²) < 4.78 is 6.93. The van der Waals surface area contributed by atoms with Gasteiger partial charge in [0.25, 0.3) is 0 Å². The third-order valence-corrected chi connectivity index (χ3v) is 4.68. The molecule has 3 heteroatoms. The van der Waals surface area contributed by atoms with Gasteiger partial charge in [-0.2, -0.15) is 0 Å². The van der Waals surface area contributed by atoms with E-state index in [-0.39, 0.29) is 0 Å². The van der Waals surface area contributed by atoms with E-state index in [1.807, 2.05) is 30.3 Å². The van der Waals surface area contributed by atoms with Crippen molar-refractivity contribution in [3.63, 3.8) is 0 Å². The van der Waals surface area contributed by atoms with Crippen LogP contribution in [-0.4, -0.2) is 0 Å². The molecule has 0 aliphatic heterocycles. The van der Waals surface area contributed by atoms with Crippen LogP contribution in [0.1, 0.15) is 29.7 Å². The average Bonchev–Trinajstić information content (AvgIpc) is 2.67. The molecule has 2 nitrogen and oxygen atoms in total. The molecule has 0 amide bonds. The van der Waals surface area contributed by atoms with Crippen molar-refractivity contribution in [3.8, 4) is 5.75 Å². The first-order chi connectivity index (χ1) is 12.2. The fraction of sp³-hybridized carbons (Fsp3) is 0.182. The molecule has 128 valence electrons. The Bertz CT molecular complexity index is 769. The lowest BCUT2D eigenvalue weighted by atomic mass is 10.1. The van der Waals surface area contributed by atoms with Gasteiger partial charge in [0, 0.05) is 17.1 Å². The molecule has 1 atom stereocenters. The molecule has 0 saturated carbocycles. The van der Waals surface area contributed by atoms with E-state index >= 15 is 0 Å². The highest BCUT2D eigenvalue weighted by atomic mass is 79.9. The first-order valence-corrected chi connectivity index (χ1v) is 9.24. The van der Waals surface area contributed by atoms with Gasteiger partial charge in [0.15, 0.2) is 0 Å². The van der Waals surface area contributed by atoms with Crippen LogP contribution in [0.5, 0.6) is 5.75 Å². The van der Waals surface area contributed by atoms with Crippen LogP contribution in [-0.2, 0) is 13.2 Å². The maximum Gasteiger partial charge on any atom is 0.119 e. The third kappa shape index (κ3) is 5.45. The lowest BCUT2D eigenvalue weighted by Gasteiger charge is -2.15. The topological polar surface area (TPSA) is 21.3 Å². The highest BCUT2D eigenvalue weighted by Gasteiger charge is 2.05. The van der Waals surface area contributed by atoms with Crippen molar-refractivity contribution in [3.05, 3.63) is 100 Å². The number of nitrogens with one attached hydrogen (secondary N) is 1. The molecule has 0 heterocycles. The van der Waals surface area contributed by atoms with Crippen molar-refractivity contribution in [1.29, 1.82) is 0 Å². The highest BCUT2D eigenvalue weighted by molar-refractivity contribution is 9.10. The normalized spacial score (nSPS) is 11.9. The van der Waals surface area contributed by atoms with Crippen molar-refractivity contribution in [2.75, 3.05) is 0 Å². The fourth-order valence-electron chi connectivity index (χ4n) is 2.58. The Morgan fingerprint density at radius 1 is 0.840 bits per heavy atom. The van der Waals surface area contributed by atoms with Gasteiger partial charge in [-0.15, -0.1) is 0 Å². The largest absolute Gasteiger partial charge is 0.489 e. The minimum absolute atomic E-state index is 0.308. The molecule has 3 aromatic carbocycles. The Kier molecular flexibility index (Phi) is 6.26. The molecule has 1 N–H and O–H groups in total. The quantitative estimate of drug-likeness (QED) is 0.539. The molecular formula is C22H22BrNO. The van der Waals surface area contributed by atoms with Gasteiger partial charge in [-0.05, 0) is 47.9 Å². The number of halogens is 1. The van der Waals surface area contributed by atoms with Crippen LogP contribution in [0.15, 0.2) is 83.3 Å². The van der Waals surface area contributed by atoms with Crippen LogP contribution < -0.4 is 10.1 Å². The number of ether oxygens (including phenoxy) is 1. The predicted octanol–water partition coefficient (Wildman–Crippen LogP) is 5.88. The zero-order chi connectivity index (χ0) is 17.5. The number of hydrogen-bond acceptors (Lipinski definition) is 2. The molecule has 0 fully saturated rings. The van der Waals surface area contributed by atoms with Crippen LogP contribution in [0.2, 0.25) is 0 Å². The minimum atomic E-state index is 0.308. The first-order valence-electron chi connectivity index (χ1n) is 8.45. The lowest BCUT2D eigenvalue weighted by molar-refractivity contribution is 0.306. The van der Waals surface area contributed by atoms with E-state index in [2.05, 4.69) is 76.7 Å². The summed E-state index contributed by atoms with van der Waals surface area (Å²) in [6.07, 6.45) is 0. The molecule has 0 saturated heterocycles. The van der Waals surface area contributed by atoms with Crippen LogP contribution in [0.25, 0.3) is 0 Å². The molecule has 3 rings (SSSR count). The first kappa shape index (κ1) is 17.7. The van der Waals surface area contributed by atoms with Crippen molar-refractivity contribution in [2.45, 2.75) is 26.1 Å². The van der Waals surface area contributed by atoms with Gasteiger partial charge in [-0.1, -0.05) is 70.5 Å². The smallest absolute Gasteiger partial charge is 0.119 e. The van der Waals surface area contributed by atoms with Gasteiger partial charge in [-0.25, -0.2) is 0 Å². The molecule has 3 aromatic rings. The van der Waals surface area contributed by atoms with E-state index in [9.17, 15) is 0 Å². The van der Waals surface area contributed by atoms with E-state index in [0.717, 1.165) is 16.8 Å². The van der Waals surface area contributed by atoms with Gasteiger partial charge in [0.05, 0.1) is 0 Å². The summed E-state index contributed by atoms with van der Waals surface area (Å²) in [6.45, 7) is 3.61. The second-order valence-corrected chi connectivity index (χ2v) is 6.99. The van der Waals surface area contributed by atoms with E-state index in [4.69, 9.17) is 4.74 Å². The van der Waals surface area contributed by atoms with E-state index < -0.39 is 0 Å². The lowest BCUT2D eigenvalue weighted by Crippen LogP contribution is -2.17. The molecule has 0 aliphatic carbocycles. The third-order valence-electron chi connectivity index (χ3n) is 4.15. The van der Waals surface area contributed by atoms with E-state index in [1.54, 1.807) is 0 Å². The van der Waals surface area contributed by atoms with Gasteiger partial charge >= 0.3 is 0 Å². The summed E-state index contributed by atoms with van der Waals surface area (Å²) in [4.78, 5) is 0. The Hall–Kier alpha value is -2.10. The van der Waals surface area contributed by atoms with Gasteiger partial charge in [-0.3, -0.25) is 0 Å². The highest BCUT2D eigenvalue weighted by Crippen LogP contribution is 2.18. The monoisotopic (exact) mass is 395 g/mol. The molecule has 0 bridgehead atoms. The predicted molar refractivity (Wildman–Crippen MR) is 107 cm³/mol. The summed E-state index contributed by atoms with van der Waals surface area (Å²) in [6, 6.07) is 27.2. The standard InChI is InChI=1S/C22H22BrNO/c1-17(20-9-11-21(23)12-10-20)24-15-18-7-13-22(14-8-18)25-16-19-5-3-2-4-6-19/h2-14,17,24H,15-16H2,1H3. The molecular weight excluding hydrogens is 374 g/mol. The summed E-state index contributed by atoms with van der Waals surface area (Å²) in [5.74, 6) is 0.897. The van der Waals surface area contributed by atoms with E-state index in [0.29, 0.717) is 12.6 Å². The fourth-order valence-corrected chi connectivity index (χ4v) is 2.85. The molecule has 0 aromatic heterocycles. The molecule has 1 unspecified atom stereocenters. The Labute approximate surface area is 158 Å².